The molecule has 0 aromatic heterocycles. The number of esters is 1. The smallest absolute Gasteiger partial charge is 0.329 e. The molecular formula is C27H39NO3. The number of carbonyl (C=O) groups excluding carboxylic acids is 2. The van der Waals surface area contributed by atoms with Crippen molar-refractivity contribution in [3.63, 3.8) is 0 Å². The number of ether oxygens (including phenoxy) is 1. The third-order valence-electron chi connectivity index (χ3n) is 6.48. The van der Waals surface area contributed by atoms with Gasteiger partial charge in [0.15, 0.2) is 0 Å². The van der Waals surface area contributed by atoms with Crippen molar-refractivity contribution >= 4 is 11.9 Å². The maximum atomic E-state index is 13.3. The molecule has 1 saturated heterocycles. The van der Waals surface area contributed by atoms with Gasteiger partial charge in [-0.3, -0.25) is 4.79 Å². The van der Waals surface area contributed by atoms with Gasteiger partial charge >= 0.3 is 5.97 Å². The molecule has 0 unspecified atom stereocenters. The van der Waals surface area contributed by atoms with Gasteiger partial charge in [-0.1, -0.05) is 63.9 Å². The number of hydrogen-bond donors (Lipinski definition) is 0. The van der Waals surface area contributed by atoms with Crippen LogP contribution in [0.1, 0.15) is 71.3 Å². The van der Waals surface area contributed by atoms with Gasteiger partial charge in [-0.2, -0.15) is 0 Å². The number of unbranched alkanes of at least 4 members (excludes halogenated alkanes) is 1. The quantitative estimate of drug-likeness (QED) is 0.367. The van der Waals surface area contributed by atoms with Crippen LogP contribution in [0.3, 0.4) is 0 Å². The van der Waals surface area contributed by atoms with Crippen molar-refractivity contribution in [1.82, 2.24) is 4.90 Å². The van der Waals surface area contributed by atoms with Gasteiger partial charge in [-0.15, -0.1) is 12.3 Å². The molecule has 1 aliphatic rings. The van der Waals surface area contributed by atoms with Gasteiger partial charge < -0.3 is 9.64 Å². The van der Waals surface area contributed by atoms with Gasteiger partial charge in [0.05, 0.1) is 0 Å². The average molecular weight is 426 g/mol. The Balaban J connectivity index is 2.29. The highest BCUT2D eigenvalue weighted by atomic mass is 16.5. The van der Waals surface area contributed by atoms with Crippen LogP contribution in [-0.4, -0.2) is 36.0 Å². The van der Waals surface area contributed by atoms with E-state index in [1.807, 2.05) is 37.3 Å². The number of benzene rings is 1. The van der Waals surface area contributed by atoms with Crippen molar-refractivity contribution in [3.05, 3.63) is 35.9 Å². The predicted molar refractivity (Wildman–Crippen MR) is 125 cm³/mol. The van der Waals surface area contributed by atoms with Crippen molar-refractivity contribution in [3.8, 4) is 12.3 Å². The molecule has 1 fully saturated rings. The number of amides is 1. The third kappa shape index (κ3) is 8.05. The van der Waals surface area contributed by atoms with E-state index >= 15 is 0 Å². The number of cyclic esters (lactones) is 1. The van der Waals surface area contributed by atoms with E-state index in [9.17, 15) is 9.59 Å². The van der Waals surface area contributed by atoms with Crippen molar-refractivity contribution in [2.75, 3.05) is 7.05 Å². The summed E-state index contributed by atoms with van der Waals surface area (Å²) in [6.07, 6.45) is 11.9. The molecule has 1 amide bonds. The molecular weight excluding hydrogens is 386 g/mol. The Bertz CT molecular complexity index is 739. The summed E-state index contributed by atoms with van der Waals surface area (Å²) < 4.78 is 6.05. The fourth-order valence-electron chi connectivity index (χ4n) is 4.57. The molecule has 1 aromatic carbocycles. The van der Waals surface area contributed by atoms with E-state index in [0.29, 0.717) is 24.7 Å². The minimum Gasteiger partial charge on any atom is -0.461 e. The van der Waals surface area contributed by atoms with Gasteiger partial charge in [0.1, 0.15) is 12.1 Å². The zero-order valence-electron chi connectivity index (χ0n) is 19.7. The normalized spacial score (nSPS) is 28.6. The minimum absolute atomic E-state index is 0.0147. The van der Waals surface area contributed by atoms with E-state index in [0.717, 1.165) is 44.1 Å². The van der Waals surface area contributed by atoms with Crippen LogP contribution in [0.4, 0.5) is 0 Å². The zero-order valence-corrected chi connectivity index (χ0v) is 19.7. The zero-order chi connectivity index (χ0) is 22.8. The van der Waals surface area contributed by atoms with Crippen LogP contribution in [-0.2, 0) is 20.7 Å². The molecule has 170 valence electrons. The average Bonchev–Trinajstić information content (AvgIpc) is 2.75. The van der Waals surface area contributed by atoms with E-state index in [1.54, 1.807) is 11.9 Å². The standard InChI is InChI=1S/C27H39NO3/c1-6-7-9-14-24-18-21(3)16-15-20(2)17-22(4)26(29)28(5)25(27(30)31-24)19-23-12-10-8-11-13-23/h1,8,10-13,20-22,24-25H,7,9,14-19H2,2-5H3/t20-,21+,22+,24+,25+/m1/s1. The molecule has 4 heteroatoms. The van der Waals surface area contributed by atoms with E-state index in [1.165, 1.54) is 0 Å². The second kappa shape index (κ2) is 12.5. The Morgan fingerprint density at radius 1 is 1.06 bits per heavy atom. The van der Waals surface area contributed by atoms with Crippen LogP contribution in [0.25, 0.3) is 0 Å². The lowest BCUT2D eigenvalue weighted by Gasteiger charge is -2.31. The summed E-state index contributed by atoms with van der Waals surface area (Å²) in [6.45, 7) is 6.44. The van der Waals surface area contributed by atoms with Gasteiger partial charge in [0, 0.05) is 25.8 Å². The van der Waals surface area contributed by atoms with Gasteiger partial charge in [0.2, 0.25) is 5.91 Å². The van der Waals surface area contributed by atoms with Crippen LogP contribution in [0.5, 0.6) is 0 Å². The number of carbonyl (C=O) groups is 2. The molecule has 0 aliphatic carbocycles. The molecule has 0 bridgehead atoms. The van der Waals surface area contributed by atoms with E-state index in [2.05, 4.69) is 19.8 Å². The predicted octanol–water partition coefficient (Wildman–Crippen LogP) is 5.25. The van der Waals surface area contributed by atoms with Gasteiger partial charge in [0.25, 0.3) is 0 Å². The lowest BCUT2D eigenvalue weighted by atomic mass is 9.88. The molecule has 1 aromatic rings. The summed E-state index contributed by atoms with van der Waals surface area (Å²) in [5.41, 5.74) is 1.02. The molecule has 5 atom stereocenters. The van der Waals surface area contributed by atoms with E-state index < -0.39 is 6.04 Å². The minimum atomic E-state index is -0.626. The summed E-state index contributed by atoms with van der Waals surface area (Å²) in [6, 6.07) is 9.22. The maximum absolute atomic E-state index is 13.3. The summed E-state index contributed by atoms with van der Waals surface area (Å²) in [5.74, 6) is 3.20. The Morgan fingerprint density at radius 2 is 1.71 bits per heavy atom. The fraction of sp³-hybridized carbons (Fsp3) is 0.630. The molecule has 2 rings (SSSR count). The lowest BCUT2D eigenvalue weighted by molar-refractivity contribution is -0.160. The molecule has 0 spiro atoms. The first kappa shape index (κ1) is 25.0. The monoisotopic (exact) mass is 425 g/mol. The SMILES string of the molecule is C#CCCC[C@H]1C[C@@H](C)CC[C@@H](C)C[C@H](C)C(=O)N(C)[C@@H](Cc2ccccc2)C(=O)O1. The van der Waals surface area contributed by atoms with Gasteiger partial charge in [-0.25, -0.2) is 4.79 Å². The molecule has 0 saturated carbocycles. The molecule has 0 N–H and O–H groups in total. The summed E-state index contributed by atoms with van der Waals surface area (Å²) in [7, 11) is 1.74. The van der Waals surface area contributed by atoms with Crippen molar-refractivity contribution < 1.29 is 14.3 Å². The second-order valence-corrected chi connectivity index (χ2v) is 9.47. The third-order valence-corrected chi connectivity index (χ3v) is 6.48. The van der Waals surface area contributed by atoms with E-state index in [4.69, 9.17) is 11.2 Å². The number of nitrogens with zero attached hydrogens (tertiary/aromatic N) is 1. The van der Waals surface area contributed by atoms with Crippen molar-refractivity contribution in [2.24, 2.45) is 17.8 Å². The van der Waals surface area contributed by atoms with Crippen LogP contribution < -0.4 is 0 Å². The van der Waals surface area contributed by atoms with Crippen LogP contribution in [0.2, 0.25) is 0 Å². The van der Waals surface area contributed by atoms with Crippen LogP contribution in [0.15, 0.2) is 30.3 Å². The van der Waals surface area contributed by atoms with Crippen LogP contribution >= 0.6 is 0 Å². The fourth-order valence-corrected chi connectivity index (χ4v) is 4.57. The Kier molecular flexibility index (Phi) is 10.1. The number of rotatable bonds is 5. The second-order valence-electron chi connectivity index (χ2n) is 9.47. The highest BCUT2D eigenvalue weighted by Crippen LogP contribution is 2.27. The van der Waals surface area contributed by atoms with E-state index in [-0.39, 0.29) is 23.9 Å². The first-order valence-electron chi connectivity index (χ1n) is 11.8. The van der Waals surface area contributed by atoms with Gasteiger partial charge in [-0.05, 0) is 43.1 Å². The first-order chi connectivity index (χ1) is 14.8. The number of terminal acetylenes is 1. The summed E-state index contributed by atoms with van der Waals surface area (Å²) in [4.78, 5) is 28.1. The maximum Gasteiger partial charge on any atom is 0.329 e. The molecule has 1 aliphatic heterocycles. The highest BCUT2D eigenvalue weighted by molar-refractivity contribution is 5.85. The largest absolute Gasteiger partial charge is 0.461 e. The molecule has 0 radical (unpaired) electrons. The Labute approximate surface area is 188 Å². The number of hydrogen-bond acceptors (Lipinski definition) is 3. The lowest BCUT2D eigenvalue weighted by Crippen LogP contribution is -2.47. The summed E-state index contributed by atoms with van der Waals surface area (Å²) in [5, 5.41) is 0. The summed E-state index contributed by atoms with van der Waals surface area (Å²) >= 11 is 0. The Hall–Kier alpha value is -2.28. The molecule has 4 nitrogen and oxygen atoms in total. The molecule has 31 heavy (non-hydrogen) atoms. The Morgan fingerprint density at radius 3 is 2.35 bits per heavy atom. The first-order valence-corrected chi connectivity index (χ1v) is 11.8. The molecule has 1 heterocycles. The van der Waals surface area contributed by atoms with Crippen molar-refractivity contribution in [2.45, 2.75) is 84.3 Å². The van der Waals surface area contributed by atoms with Crippen molar-refractivity contribution in [1.29, 1.82) is 0 Å². The number of likely N-dealkylation sites (N-methyl/N-ethyl adjacent to an activating group) is 1. The highest BCUT2D eigenvalue weighted by Gasteiger charge is 2.33. The van der Waals surface area contributed by atoms with Crippen LogP contribution in [0, 0.1) is 30.1 Å². The topological polar surface area (TPSA) is 46.6 Å².